The molecule has 0 aliphatic carbocycles. The molecular formula is C29H34FN3O6S. The molecule has 3 rings (SSSR count). The molecule has 0 bridgehead atoms. The third kappa shape index (κ3) is 7.50. The Labute approximate surface area is 234 Å². The number of hydrogen-bond acceptors (Lipinski definition) is 6. The first-order valence-corrected chi connectivity index (χ1v) is 14.1. The van der Waals surface area contributed by atoms with Gasteiger partial charge in [-0.15, -0.1) is 0 Å². The maximum atomic E-state index is 13.9. The number of nitrogens with one attached hydrogen (secondary N) is 1. The Balaban J connectivity index is 2.03. The van der Waals surface area contributed by atoms with Crippen LogP contribution in [0.3, 0.4) is 0 Å². The molecule has 0 unspecified atom stereocenters. The summed E-state index contributed by atoms with van der Waals surface area (Å²) in [5, 5.41) is 2.80. The van der Waals surface area contributed by atoms with Crippen molar-refractivity contribution in [2.45, 2.75) is 44.3 Å². The Bertz CT molecular complexity index is 1410. The van der Waals surface area contributed by atoms with Crippen LogP contribution >= 0.6 is 0 Å². The summed E-state index contributed by atoms with van der Waals surface area (Å²) in [6.45, 7) is 4.56. The van der Waals surface area contributed by atoms with Crippen LogP contribution in [-0.2, 0) is 26.2 Å². The van der Waals surface area contributed by atoms with Crippen molar-refractivity contribution >= 4 is 27.5 Å². The molecule has 0 aromatic heterocycles. The summed E-state index contributed by atoms with van der Waals surface area (Å²) >= 11 is 0. The lowest BCUT2D eigenvalue weighted by molar-refractivity contribution is -0.139. The molecule has 0 saturated carbocycles. The number of hydrogen-bond donors (Lipinski definition) is 1. The second-order valence-electron chi connectivity index (χ2n) is 9.38. The lowest BCUT2D eigenvalue weighted by atomic mass is 10.1. The first-order valence-electron chi connectivity index (χ1n) is 12.6. The van der Waals surface area contributed by atoms with Gasteiger partial charge in [-0.2, -0.15) is 0 Å². The molecule has 11 heteroatoms. The molecule has 0 radical (unpaired) electrons. The Morgan fingerprint density at radius 2 is 1.52 bits per heavy atom. The van der Waals surface area contributed by atoms with E-state index in [2.05, 4.69) is 5.32 Å². The standard InChI is InChI=1S/C29H34FN3O6S/c1-20(2)31-29(35)21(3)32(18-22-7-6-8-26(17-22)39-5)28(34)19-33(24-11-9-23(30)10-12-24)40(36,37)27-15-13-25(38-4)14-16-27/h6-17,20-21H,18-19H2,1-5H3,(H,31,35)/t21-/m1/s1. The maximum Gasteiger partial charge on any atom is 0.264 e. The highest BCUT2D eigenvalue weighted by atomic mass is 32.2. The zero-order chi connectivity index (χ0) is 29.4. The first-order chi connectivity index (χ1) is 19.0. The summed E-state index contributed by atoms with van der Waals surface area (Å²) in [5.41, 5.74) is 0.773. The average Bonchev–Trinajstić information content (AvgIpc) is 2.94. The minimum absolute atomic E-state index is 0.0164. The summed E-state index contributed by atoms with van der Waals surface area (Å²) < 4.78 is 52.6. The van der Waals surface area contributed by atoms with E-state index < -0.39 is 40.2 Å². The number of rotatable bonds is 12. The zero-order valence-electron chi connectivity index (χ0n) is 23.1. The summed E-state index contributed by atoms with van der Waals surface area (Å²) in [7, 11) is -1.30. The van der Waals surface area contributed by atoms with Gasteiger partial charge in [-0.1, -0.05) is 12.1 Å². The summed E-state index contributed by atoms with van der Waals surface area (Å²) in [6.07, 6.45) is 0. The highest BCUT2D eigenvalue weighted by molar-refractivity contribution is 7.92. The summed E-state index contributed by atoms with van der Waals surface area (Å²) in [4.78, 5) is 28.1. The van der Waals surface area contributed by atoms with E-state index >= 15 is 0 Å². The van der Waals surface area contributed by atoms with E-state index in [-0.39, 0.29) is 23.2 Å². The highest BCUT2D eigenvalue weighted by Crippen LogP contribution is 2.26. The van der Waals surface area contributed by atoms with E-state index in [4.69, 9.17) is 9.47 Å². The van der Waals surface area contributed by atoms with Crippen LogP contribution in [0.25, 0.3) is 0 Å². The largest absolute Gasteiger partial charge is 0.497 e. The van der Waals surface area contributed by atoms with Crippen LogP contribution in [0.2, 0.25) is 0 Å². The molecule has 0 aliphatic heterocycles. The number of ether oxygens (including phenoxy) is 2. The van der Waals surface area contributed by atoms with Crippen molar-refractivity contribution in [3.63, 3.8) is 0 Å². The smallest absolute Gasteiger partial charge is 0.264 e. The van der Waals surface area contributed by atoms with Crippen molar-refractivity contribution in [3.8, 4) is 11.5 Å². The molecule has 0 fully saturated rings. The van der Waals surface area contributed by atoms with Crippen molar-refractivity contribution in [3.05, 3.63) is 84.2 Å². The predicted molar refractivity (Wildman–Crippen MR) is 150 cm³/mol. The van der Waals surface area contributed by atoms with Crippen molar-refractivity contribution in [2.24, 2.45) is 0 Å². The van der Waals surface area contributed by atoms with Crippen LogP contribution in [0.4, 0.5) is 10.1 Å². The Kier molecular flexibility index (Phi) is 10.1. The summed E-state index contributed by atoms with van der Waals surface area (Å²) in [6, 6.07) is 16.4. The van der Waals surface area contributed by atoms with E-state index in [9.17, 15) is 22.4 Å². The van der Waals surface area contributed by atoms with Crippen molar-refractivity contribution in [2.75, 3.05) is 25.1 Å². The van der Waals surface area contributed by atoms with Crippen LogP contribution in [0.5, 0.6) is 11.5 Å². The van der Waals surface area contributed by atoms with E-state index in [0.717, 1.165) is 16.4 Å². The lowest BCUT2D eigenvalue weighted by Crippen LogP contribution is -2.52. The molecule has 40 heavy (non-hydrogen) atoms. The molecule has 9 nitrogen and oxygen atoms in total. The molecule has 0 saturated heterocycles. The van der Waals surface area contributed by atoms with Crippen molar-refractivity contribution in [1.82, 2.24) is 10.2 Å². The maximum absolute atomic E-state index is 13.9. The Hall–Kier alpha value is -4.12. The number of methoxy groups -OCH3 is 2. The number of amides is 2. The van der Waals surface area contributed by atoms with Crippen molar-refractivity contribution < 1.29 is 31.9 Å². The second-order valence-corrected chi connectivity index (χ2v) is 11.2. The van der Waals surface area contributed by atoms with Gasteiger partial charge < -0.3 is 19.7 Å². The highest BCUT2D eigenvalue weighted by Gasteiger charge is 2.32. The number of halogens is 1. The fraction of sp³-hybridized carbons (Fsp3) is 0.310. The second kappa shape index (κ2) is 13.3. The predicted octanol–water partition coefficient (Wildman–Crippen LogP) is 3.98. The molecule has 2 amide bonds. The molecular weight excluding hydrogens is 537 g/mol. The fourth-order valence-electron chi connectivity index (χ4n) is 3.97. The minimum atomic E-state index is -4.28. The van der Waals surface area contributed by atoms with Crippen LogP contribution in [0, 0.1) is 5.82 Å². The SMILES string of the molecule is COc1ccc(S(=O)(=O)N(CC(=O)N(Cc2cccc(OC)c2)[C@H](C)C(=O)NC(C)C)c2ccc(F)cc2)cc1. The number of nitrogens with zero attached hydrogens (tertiary/aromatic N) is 2. The van der Waals surface area contributed by atoms with E-state index in [1.807, 2.05) is 0 Å². The van der Waals surface area contributed by atoms with Crippen LogP contribution in [-0.4, -0.2) is 58.0 Å². The van der Waals surface area contributed by atoms with Gasteiger partial charge in [0.05, 0.1) is 24.8 Å². The van der Waals surface area contributed by atoms with Crippen LogP contribution < -0.4 is 19.1 Å². The van der Waals surface area contributed by atoms with Gasteiger partial charge in [-0.25, -0.2) is 12.8 Å². The Morgan fingerprint density at radius 3 is 2.10 bits per heavy atom. The van der Waals surface area contributed by atoms with Gasteiger partial charge >= 0.3 is 0 Å². The van der Waals surface area contributed by atoms with Gasteiger partial charge in [0.15, 0.2) is 0 Å². The monoisotopic (exact) mass is 571 g/mol. The molecule has 0 heterocycles. The Morgan fingerprint density at radius 1 is 0.900 bits per heavy atom. The number of carbonyl (C=O) groups is 2. The third-order valence-electron chi connectivity index (χ3n) is 6.13. The van der Waals surface area contributed by atoms with Crippen molar-refractivity contribution in [1.29, 1.82) is 0 Å². The van der Waals surface area contributed by atoms with Gasteiger partial charge in [0, 0.05) is 12.6 Å². The molecule has 1 N–H and O–H groups in total. The van der Waals surface area contributed by atoms with Gasteiger partial charge in [0.25, 0.3) is 10.0 Å². The molecule has 0 aliphatic rings. The van der Waals surface area contributed by atoms with E-state index in [1.165, 1.54) is 55.5 Å². The molecule has 3 aromatic rings. The fourth-order valence-corrected chi connectivity index (χ4v) is 5.38. The third-order valence-corrected chi connectivity index (χ3v) is 7.91. The van der Waals surface area contributed by atoms with Crippen LogP contribution in [0.15, 0.2) is 77.7 Å². The number of anilines is 1. The van der Waals surface area contributed by atoms with Gasteiger partial charge in [0.2, 0.25) is 11.8 Å². The number of carbonyl (C=O) groups excluding carboxylic acids is 2. The number of benzene rings is 3. The lowest BCUT2D eigenvalue weighted by Gasteiger charge is -2.32. The van der Waals surface area contributed by atoms with Gasteiger partial charge in [0.1, 0.15) is 29.9 Å². The quantitative estimate of drug-likeness (QED) is 0.353. The normalized spacial score (nSPS) is 12.0. The first kappa shape index (κ1) is 30.4. The molecule has 0 spiro atoms. The zero-order valence-corrected chi connectivity index (χ0v) is 23.9. The van der Waals surface area contributed by atoms with Crippen LogP contribution in [0.1, 0.15) is 26.3 Å². The number of sulfonamides is 1. The average molecular weight is 572 g/mol. The molecule has 3 aromatic carbocycles. The molecule has 214 valence electrons. The topological polar surface area (TPSA) is 105 Å². The minimum Gasteiger partial charge on any atom is -0.497 e. The van der Waals surface area contributed by atoms with Gasteiger partial charge in [-0.05, 0) is 87.0 Å². The van der Waals surface area contributed by atoms with E-state index in [1.54, 1.807) is 45.0 Å². The summed E-state index contributed by atoms with van der Waals surface area (Å²) in [5.74, 6) is -0.555. The van der Waals surface area contributed by atoms with Gasteiger partial charge in [-0.3, -0.25) is 13.9 Å². The molecule has 1 atom stereocenters. The van der Waals surface area contributed by atoms with E-state index in [0.29, 0.717) is 17.1 Å².